The van der Waals surface area contributed by atoms with Gasteiger partial charge in [-0.15, -0.1) is 0 Å². The van der Waals surface area contributed by atoms with Gasteiger partial charge in [0, 0.05) is 42.2 Å². The Hall–Kier alpha value is -2.68. The molecule has 36 heavy (non-hydrogen) atoms. The van der Waals surface area contributed by atoms with E-state index in [0.717, 1.165) is 68.6 Å². The maximum Gasteiger partial charge on any atom is 0.241 e. The van der Waals surface area contributed by atoms with Crippen molar-refractivity contribution in [3.8, 4) is 0 Å². The third kappa shape index (κ3) is 4.25. The van der Waals surface area contributed by atoms with E-state index in [0.29, 0.717) is 27.4 Å². The number of nitrogens with one attached hydrogen (secondary N) is 2. The Balaban J connectivity index is 1.05. The molecule has 1 spiro atoms. The lowest BCUT2D eigenvalue weighted by atomic mass is 9.74. The highest BCUT2D eigenvalue weighted by Crippen LogP contribution is 2.44. The molecule has 0 aliphatic carbocycles. The molecule has 2 fully saturated rings. The monoisotopic (exact) mass is 528 g/mol. The average molecular weight is 529 g/mol. The van der Waals surface area contributed by atoms with Gasteiger partial charge in [-0.3, -0.25) is 9.69 Å². The number of likely N-dealkylation sites (tertiary alicyclic amines) is 2. The smallest absolute Gasteiger partial charge is 0.241 e. The van der Waals surface area contributed by atoms with Gasteiger partial charge in [0.15, 0.2) is 0 Å². The van der Waals surface area contributed by atoms with Gasteiger partial charge in [0.25, 0.3) is 0 Å². The number of carbonyl (C=O) groups excluding carboxylic acids is 1. The molecular formula is C26H27Cl2FN6O. The number of rotatable bonds is 4. The fourth-order valence-corrected chi connectivity index (χ4v) is 6.28. The molecule has 0 radical (unpaired) electrons. The number of halogens is 3. The van der Waals surface area contributed by atoms with Gasteiger partial charge in [0.1, 0.15) is 18.0 Å². The van der Waals surface area contributed by atoms with Gasteiger partial charge in [-0.05, 0) is 68.2 Å². The van der Waals surface area contributed by atoms with Crippen LogP contribution in [0, 0.1) is 5.82 Å². The highest BCUT2D eigenvalue weighted by Gasteiger charge is 2.43. The van der Waals surface area contributed by atoms with E-state index in [9.17, 15) is 9.18 Å². The molecule has 1 unspecified atom stereocenters. The molecule has 2 N–H and O–H groups in total. The molecule has 0 saturated carbocycles. The van der Waals surface area contributed by atoms with Gasteiger partial charge in [0.2, 0.25) is 5.91 Å². The number of hydrogen-bond donors (Lipinski definition) is 2. The minimum Gasteiger partial charge on any atom is -0.384 e. The molecule has 3 aliphatic rings. The zero-order chi connectivity index (χ0) is 24.9. The number of amides is 1. The van der Waals surface area contributed by atoms with Crippen molar-refractivity contribution in [2.24, 2.45) is 0 Å². The lowest BCUT2D eigenvalue weighted by Crippen LogP contribution is -2.49. The second-order valence-electron chi connectivity index (χ2n) is 10.0. The van der Waals surface area contributed by atoms with Crippen molar-refractivity contribution in [2.75, 3.05) is 49.9 Å². The first-order valence-corrected chi connectivity index (χ1v) is 13.1. The molecule has 2 aromatic carbocycles. The molecule has 10 heteroatoms. The van der Waals surface area contributed by atoms with Crippen LogP contribution in [0.1, 0.15) is 24.8 Å². The number of carbonyl (C=O) groups is 1. The third-order valence-electron chi connectivity index (χ3n) is 8.04. The number of piperidine rings is 1. The zero-order valence-electron chi connectivity index (χ0n) is 19.7. The highest BCUT2D eigenvalue weighted by atomic mass is 35.5. The van der Waals surface area contributed by atoms with E-state index in [1.807, 2.05) is 11.0 Å². The number of benzene rings is 2. The Bertz CT molecular complexity index is 1330. The molecule has 1 aromatic heterocycles. The van der Waals surface area contributed by atoms with Crippen molar-refractivity contribution >= 4 is 51.5 Å². The SMILES string of the molecule is O=C(CNc1ncnc2cc(Cl)c(Cl)cc12)N1CCC(N2CCC3(CC2)CNc2ccc(F)cc23)C1. The average Bonchev–Trinajstić information content (AvgIpc) is 3.50. The third-order valence-corrected chi connectivity index (χ3v) is 8.76. The van der Waals surface area contributed by atoms with Gasteiger partial charge in [-0.25, -0.2) is 14.4 Å². The first-order chi connectivity index (χ1) is 17.4. The molecule has 2 saturated heterocycles. The number of fused-ring (bicyclic) bond motifs is 3. The van der Waals surface area contributed by atoms with Crippen molar-refractivity contribution in [2.45, 2.75) is 30.7 Å². The summed E-state index contributed by atoms with van der Waals surface area (Å²) in [6.45, 7) is 4.40. The minimum absolute atomic E-state index is 0.0133. The van der Waals surface area contributed by atoms with Crippen LogP contribution in [0.15, 0.2) is 36.7 Å². The fraction of sp³-hybridized carbons (Fsp3) is 0.423. The van der Waals surface area contributed by atoms with E-state index in [2.05, 4.69) is 25.5 Å². The predicted octanol–water partition coefficient (Wildman–Crippen LogP) is 4.55. The summed E-state index contributed by atoms with van der Waals surface area (Å²) in [6, 6.07) is 8.85. The summed E-state index contributed by atoms with van der Waals surface area (Å²) >= 11 is 12.3. The normalized spacial score (nSPS) is 21.1. The number of nitrogens with zero attached hydrogens (tertiary/aromatic N) is 4. The molecular weight excluding hydrogens is 502 g/mol. The Morgan fingerprint density at radius 1 is 1.14 bits per heavy atom. The van der Waals surface area contributed by atoms with Crippen molar-refractivity contribution < 1.29 is 9.18 Å². The van der Waals surface area contributed by atoms with Crippen LogP contribution < -0.4 is 10.6 Å². The summed E-state index contributed by atoms with van der Waals surface area (Å²) < 4.78 is 13.9. The molecule has 1 amide bonds. The largest absolute Gasteiger partial charge is 0.384 e. The summed E-state index contributed by atoms with van der Waals surface area (Å²) in [5, 5.41) is 8.20. The minimum atomic E-state index is -0.167. The summed E-state index contributed by atoms with van der Waals surface area (Å²) in [5.74, 6) is 0.438. The van der Waals surface area contributed by atoms with Crippen molar-refractivity contribution in [1.82, 2.24) is 19.8 Å². The number of anilines is 2. The standard InChI is InChI=1S/C26H27Cl2FN6O/c27-20-10-18-23(11-21(20)28)32-15-33-25(18)30-12-24(36)35-6-3-17(13-35)34-7-4-26(5-8-34)14-31-22-2-1-16(29)9-19(22)26/h1-2,9-11,15,17,31H,3-8,12-14H2,(H,30,32,33). The van der Waals surface area contributed by atoms with Crippen molar-refractivity contribution in [3.63, 3.8) is 0 Å². The van der Waals surface area contributed by atoms with Crippen LogP contribution in [-0.2, 0) is 10.2 Å². The van der Waals surface area contributed by atoms with Gasteiger partial charge >= 0.3 is 0 Å². The van der Waals surface area contributed by atoms with Gasteiger partial charge in [-0.2, -0.15) is 0 Å². The maximum atomic E-state index is 13.9. The molecule has 188 valence electrons. The van der Waals surface area contributed by atoms with Crippen molar-refractivity contribution in [3.05, 3.63) is 58.1 Å². The molecule has 1 atom stereocenters. The lowest BCUT2D eigenvalue weighted by molar-refractivity contribution is -0.128. The second-order valence-corrected chi connectivity index (χ2v) is 10.8. The Kier molecular flexibility index (Phi) is 6.14. The van der Waals surface area contributed by atoms with Crippen LogP contribution in [0.25, 0.3) is 10.9 Å². The van der Waals surface area contributed by atoms with Crippen LogP contribution in [0.5, 0.6) is 0 Å². The fourth-order valence-electron chi connectivity index (χ4n) is 5.96. The van der Waals surface area contributed by atoms with Crippen LogP contribution in [-0.4, -0.2) is 71.0 Å². The van der Waals surface area contributed by atoms with Crippen molar-refractivity contribution in [1.29, 1.82) is 0 Å². The highest BCUT2D eigenvalue weighted by molar-refractivity contribution is 6.42. The summed E-state index contributed by atoms with van der Waals surface area (Å²) in [6.07, 6.45) is 4.40. The predicted molar refractivity (Wildman–Crippen MR) is 140 cm³/mol. The molecule has 3 aromatic rings. The molecule has 0 bridgehead atoms. The molecule has 3 aliphatic heterocycles. The van der Waals surface area contributed by atoms with E-state index in [1.54, 1.807) is 18.2 Å². The summed E-state index contributed by atoms with van der Waals surface area (Å²) in [7, 11) is 0. The van der Waals surface area contributed by atoms with E-state index in [-0.39, 0.29) is 23.7 Å². The zero-order valence-corrected chi connectivity index (χ0v) is 21.2. The van der Waals surface area contributed by atoms with Crippen LogP contribution >= 0.6 is 23.2 Å². The quantitative estimate of drug-likeness (QED) is 0.517. The van der Waals surface area contributed by atoms with Crippen LogP contribution in [0.4, 0.5) is 15.9 Å². The summed E-state index contributed by atoms with van der Waals surface area (Å²) in [4.78, 5) is 25.9. The first kappa shape index (κ1) is 23.7. The summed E-state index contributed by atoms with van der Waals surface area (Å²) in [5.41, 5.74) is 2.87. The second kappa shape index (κ2) is 9.32. The Labute approximate surface area is 219 Å². The van der Waals surface area contributed by atoms with E-state index >= 15 is 0 Å². The van der Waals surface area contributed by atoms with E-state index in [4.69, 9.17) is 23.2 Å². The van der Waals surface area contributed by atoms with Gasteiger partial charge in [-0.1, -0.05) is 23.2 Å². The van der Waals surface area contributed by atoms with Crippen LogP contribution in [0.3, 0.4) is 0 Å². The lowest BCUT2D eigenvalue weighted by Gasteiger charge is -2.41. The van der Waals surface area contributed by atoms with Gasteiger partial charge in [0.05, 0.1) is 22.1 Å². The van der Waals surface area contributed by atoms with E-state index in [1.165, 1.54) is 12.4 Å². The molecule has 7 nitrogen and oxygen atoms in total. The first-order valence-electron chi connectivity index (χ1n) is 12.3. The topological polar surface area (TPSA) is 73.4 Å². The number of hydrogen-bond acceptors (Lipinski definition) is 6. The molecule has 6 rings (SSSR count). The van der Waals surface area contributed by atoms with E-state index < -0.39 is 0 Å². The Morgan fingerprint density at radius 3 is 2.78 bits per heavy atom. The molecule has 4 heterocycles. The Morgan fingerprint density at radius 2 is 1.94 bits per heavy atom. The van der Waals surface area contributed by atoms with Crippen LogP contribution in [0.2, 0.25) is 10.0 Å². The maximum absolute atomic E-state index is 13.9. The number of aromatic nitrogens is 2. The van der Waals surface area contributed by atoms with Gasteiger partial charge < -0.3 is 15.5 Å².